The molecule has 0 heteroatoms. The van der Waals surface area contributed by atoms with Gasteiger partial charge in [-0.05, 0) is 105 Å². The highest BCUT2D eigenvalue weighted by molar-refractivity contribution is 6.20. The SMILES string of the molecule is c1cc2c3c(cc4c5cccc6c5c(cc4c3c1)CCC6)CCC2. The number of hydrogen-bond acceptors (Lipinski definition) is 0. The first kappa shape index (κ1) is 13.0. The lowest BCUT2D eigenvalue weighted by Crippen LogP contribution is -2.04. The maximum Gasteiger partial charge on any atom is -0.00959 e. The fourth-order valence-electron chi connectivity index (χ4n) is 5.25. The van der Waals surface area contributed by atoms with Gasteiger partial charge in [-0.15, -0.1) is 0 Å². The first-order valence-corrected chi connectivity index (χ1v) is 9.31. The molecule has 2 aliphatic carbocycles. The predicted molar refractivity (Wildman–Crippen MR) is 103 cm³/mol. The van der Waals surface area contributed by atoms with Gasteiger partial charge in [0, 0.05) is 0 Å². The molecule has 0 unspecified atom stereocenters. The highest BCUT2D eigenvalue weighted by Gasteiger charge is 2.19. The van der Waals surface area contributed by atoms with Gasteiger partial charge < -0.3 is 0 Å². The molecule has 0 saturated carbocycles. The van der Waals surface area contributed by atoms with Crippen molar-refractivity contribution in [1.82, 2.24) is 0 Å². The monoisotopic (exact) mass is 308 g/mol. The molecule has 0 amide bonds. The normalized spacial score (nSPS) is 16.2. The molecule has 24 heavy (non-hydrogen) atoms. The van der Waals surface area contributed by atoms with Crippen LogP contribution in [0.3, 0.4) is 0 Å². The molecule has 0 heterocycles. The van der Waals surface area contributed by atoms with Gasteiger partial charge in [0.1, 0.15) is 0 Å². The van der Waals surface area contributed by atoms with E-state index in [0.717, 1.165) is 0 Å². The van der Waals surface area contributed by atoms with E-state index in [9.17, 15) is 0 Å². The minimum atomic E-state index is 1.23. The molecular weight excluding hydrogens is 288 g/mol. The molecule has 2 aliphatic rings. The Balaban J connectivity index is 1.90. The highest BCUT2D eigenvalue weighted by Crippen LogP contribution is 2.41. The number of fused-ring (bicyclic) bond motifs is 3. The molecule has 0 aromatic heterocycles. The van der Waals surface area contributed by atoms with Gasteiger partial charge in [0.2, 0.25) is 0 Å². The predicted octanol–water partition coefficient (Wildman–Crippen LogP) is 6.12. The minimum Gasteiger partial charge on any atom is -0.0613 e. The maximum absolute atomic E-state index is 2.51. The van der Waals surface area contributed by atoms with E-state index < -0.39 is 0 Å². The Labute approximate surface area is 142 Å². The second-order valence-electron chi connectivity index (χ2n) is 7.55. The number of hydrogen-bond donors (Lipinski definition) is 0. The zero-order valence-corrected chi connectivity index (χ0v) is 13.9. The summed E-state index contributed by atoms with van der Waals surface area (Å²) in [5, 5.41) is 9.00. The molecular formula is C24H20. The van der Waals surface area contributed by atoms with Gasteiger partial charge in [-0.3, -0.25) is 0 Å². The van der Waals surface area contributed by atoms with Crippen molar-refractivity contribution in [3.63, 3.8) is 0 Å². The summed E-state index contributed by atoms with van der Waals surface area (Å²) in [6.45, 7) is 0. The topological polar surface area (TPSA) is 0 Å². The van der Waals surface area contributed by atoms with Crippen LogP contribution in [0, 0.1) is 0 Å². The minimum absolute atomic E-state index is 1.23. The van der Waals surface area contributed by atoms with Crippen LogP contribution in [0.1, 0.15) is 35.1 Å². The third-order valence-corrected chi connectivity index (χ3v) is 6.24. The fraction of sp³-hybridized carbons (Fsp3) is 0.250. The molecule has 4 aromatic rings. The third-order valence-electron chi connectivity index (χ3n) is 6.24. The molecule has 0 radical (unpaired) electrons. The zero-order chi connectivity index (χ0) is 15.7. The van der Waals surface area contributed by atoms with Crippen LogP contribution in [0.25, 0.3) is 32.3 Å². The van der Waals surface area contributed by atoms with Crippen molar-refractivity contribution in [2.75, 3.05) is 0 Å². The van der Waals surface area contributed by atoms with Crippen LogP contribution in [-0.4, -0.2) is 0 Å². The van der Waals surface area contributed by atoms with Crippen molar-refractivity contribution >= 4 is 32.3 Å². The molecule has 0 atom stereocenters. The summed E-state index contributed by atoms with van der Waals surface area (Å²) in [5.74, 6) is 0. The quantitative estimate of drug-likeness (QED) is 0.343. The number of rotatable bonds is 0. The van der Waals surface area contributed by atoms with E-state index in [0.29, 0.717) is 0 Å². The lowest BCUT2D eigenvalue weighted by molar-refractivity contribution is 0.807. The van der Waals surface area contributed by atoms with Gasteiger partial charge in [-0.25, -0.2) is 0 Å². The van der Waals surface area contributed by atoms with Crippen LogP contribution in [0.2, 0.25) is 0 Å². The molecule has 0 aliphatic heterocycles. The van der Waals surface area contributed by atoms with Crippen LogP contribution in [-0.2, 0) is 25.7 Å². The molecule has 6 rings (SSSR count). The van der Waals surface area contributed by atoms with Gasteiger partial charge in [0.25, 0.3) is 0 Å². The van der Waals surface area contributed by atoms with Crippen LogP contribution < -0.4 is 0 Å². The molecule has 0 N–H and O–H groups in total. The second kappa shape index (κ2) is 4.60. The smallest absolute Gasteiger partial charge is 0.00959 e. The summed E-state index contributed by atoms with van der Waals surface area (Å²) in [6, 6.07) is 18.9. The Morgan fingerprint density at radius 3 is 1.42 bits per heavy atom. The first-order valence-electron chi connectivity index (χ1n) is 9.31. The average Bonchev–Trinajstić information content (AvgIpc) is 2.64. The van der Waals surface area contributed by atoms with Crippen molar-refractivity contribution in [3.05, 3.63) is 70.8 Å². The van der Waals surface area contributed by atoms with Gasteiger partial charge in [-0.2, -0.15) is 0 Å². The zero-order valence-electron chi connectivity index (χ0n) is 13.9. The summed E-state index contributed by atoms with van der Waals surface area (Å²) in [4.78, 5) is 0. The van der Waals surface area contributed by atoms with Crippen LogP contribution in [0.4, 0.5) is 0 Å². The molecule has 0 nitrogen and oxygen atoms in total. The second-order valence-corrected chi connectivity index (χ2v) is 7.55. The standard InChI is InChI=1S/C24H20/c1-5-15-7-3-11-19-22-14-18-10-2-6-16-8-4-12-20(24(16)18)21(22)13-17(9-1)23(15)19/h3-4,7-8,11-14H,1-2,5-6,9-10H2. The van der Waals surface area contributed by atoms with Gasteiger partial charge >= 0.3 is 0 Å². The summed E-state index contributed by atoms with van der Waals surface area (Å²) in [5.41, 5.74) is 6.24. The Bertz CT molecular complexity index is 1050. The highest BCUT2D eigenvalue weighted by atomic mass is 14.2. The van der Waals surface area contributed by atoms with Crippen molar-refractivity contribution in [2.24, 2.45) is 0 Å². The van der Waals surface area contributed by atoms with E-state index in [2.05, 4.69) is 48.5 Å². The van der Waals surface area contributed by atoms with Crippen molar-refractivity contribution in [2.45, 2.75) is 38.5 Å². The van der Waals surface area contributed by atoms with Crippen molar-refractivity contribution < 1.29 is 0 Å². The number of benzene rings is 4. The summed E-state index contributed by atoms with van der Waals surface area (Å²) >= 11 is 0. The molecule has 0 saturated heterocycles. The van der Waals surface area contributed by atoms with Crippen molar-refractivity contribution in [1.29, 1.82) is 0 Å². The van der Waals surface area contributed by atoms with Crippen LogP contribution in [0.15, 0.2) is 48.5 Å². The van der Waals surface area contributed by atoms with E-state index in [1.807, 2.05) is 0 Å². The fourth-order valence-corrected chi connectivity index (χ4v) is 5.25. The summed E-state index contributed by atoms with van der Waals surface area (Å²) in [7, 11) is 0. The van der Waals surface area contributed by atoms with Crippen LogP contribution >= 0.6 is 0 Å². The van der Waals surface area contributed by atoms with Crippen molar-refractivity contribution in [3.8, 4) is 0 Å². The Kier molecular flexibility index (Phi) is 2.49. The summed E-state index contributed by atoms with van der Waals surface area (Å²) in [6.07, 6.45) is 7.51. The Hall–Kier alpha value is -2.34. The lowest BCUT2D eigenvalue weighted by Gasteiger charge is -2.23. The molecule has 116 valence electrons. The molecule has 0 spiro atoms. The Morgan fingerprint density at radius 1 is 0.458 bits per heavy atom. The van der Waals surface area contributed by atoms with Crippen LogP contribution in [0.5, 0.6) is 0 Å². The Morgan fingerprint density at radius 2 is 0.917 bits per heavy atom. The lowest BCUT2D eigenvalue weighted by atomic mass is 9.81. The molecule has 0 fully saturated rings. The average molecular weight is 308 g/mol. The third kappa shape index (κ3) is 1.59. The largest absolute Gasteiger partial charge is 0.0613 e. The molecule has 0 bridgehead atoms. The summed E-state index contributed by atoms with van der Waals surface area (Å²) < 4.78 is 0. The van der Waals surface area contributed by atoms with E-state index in [1.165, 1.54) is 60.1 Å². The van der Waals surface area contributed by atoms with E-state index in [4.69, 9.17) is 0 Å². The first-order chi connectivity index (χ1) is 11.9. The van der Waals surface area contributed by atoms with E-state index >= 15 is 0 Å². The van der Waals surface area contributed by atoms with Gasteiger partial charge in [0.05, 0.1) is 0 Å². The maximum atomic E-state index is 2.51. The van der Waals surface area contributed by atoms with E-state index in [1.54, 1.807) is 33.0 Å². The van der Waals surface area contributed by atoms with Gasteiger partial charge in [0.15, 0.2) is 0 Å². The van der Waals surface area contributed by atoms with E-state index in [-0.39, 0.29) is 0 Å². The number of aryl methyl sites for hydroxylation is 4. The van der Waals surface area contributed by atoms with Gasteiger partial charge in [-0.1, -0.05) is 36.4 Å². The molecule has 4 aromatic carbocycles.